The van der Waals surface area contributed by atoms with Crippen molar-refractivity contribution in [1.29, 1.82) is 0 Å². The highest BCUT2D eigenvalue weighted by Gasteiger charge is 2.38. The van der Waals surface area contributed by atoms with Crippen LogP contribution in [0, 0.1) is 11.8 Å². The summed E-state index contributed by atoms with van der Waals surface area (Å²) in [4.78, 5) is 11.8. The molecule has 4 nitrogen and oxygen atoms in total. The van der Waals surface area contributed by atoms with Gasteiger partial charge in [-0.3, -0.25) is 4.79 Å². The molecule has 0 aromatic heterocycles. The van der Waals surface area contributed by atoms with Gasteiger partial charge in [-0.25, -0.2) is 0 Å². The third-order valence-electron chi connectivity index (χ3n) is 4.23. The molecule has 0 aliphatic heterocycles. The van der Waals surface area contributed by atoms with E-state index in [1.54, 1.807) is 0 Å². The van der Waals surface area contributed by atoms with Gasteiger partial charge in [-0.1, -0.05) is 27.7 Å². The molecule has 0 rings (SSSR count). The number of carbonyl (C=O) groups is 1. The van der Waals surface area contributed by atoms with Crippen LogP contribution in [0.2, 0.25) is 18.1 Å². The van der Waals surface area contributed by atoms with Crippen LogP contribution in [0.15, 0.2) is 0 Å². The Morgan fingerprint density at radius 3 is 1.95 bits per heavy atom. The second kappa shape index (κ2) is 8.71. The number of ether oxygens (including phenoxy) is 1. The molecule has 0 unspecified atom stereocenters. The number of hydrogen-bond acceptors (Lipinski definition) is 4. The third kappa shape index (κ3) is 4.89. The van der Waals surface area contributed by atoms with E-state index in [0.29, 0.717) is 0 Å². The van der Waals surface area contributed by atoms with Crippen molar-refractivity contribution in [2.24, 2.45) is 11.8 Å². The zero-order chi connectivity index (χ0) is 15.1. The maximum atomic E-state index is 11.8. The largest absolute Gasteiger partial charge is 0.469 e. The van der Waals surface area contributed by atoms with Crippen molar-refractivity contribution >= 4 is 14.3 Å². The highest BCUT2D eigenvalue weighted by molar-refractivity contribution is 6.73. The van der Waals surface area contributed by atoms with Gasteiger partial charge in [0, 0.05) is 12.5 Å². The van der Waals surface area contributed by atoms with E-state index in [2.05, 4.69) is 20.8 Å². The molecule has 0 saturated heterocycles. The fraction of sp³-hybridized carbons (Fsp3) is 0.929. The lowest BCUT2D eigenvalue weighted by Gasteiger charge is -2.37. The number of rotatable bonds is 9. The first-order chi connectivity index (χ1) is 8.91. The summed E-state index contributed by atoms with van der Waals surface area (Å²) in [5.41, 5.74) is 0. The van der Waals surface area contributed by atoms with Crippen LogP contribution in [0.4, 0.5) is 0 Å². The second-order valence-electron chi connectivity index (χ2n) is 5.30. The molecule has 19 heavy (non-hydrogen) atoms. The first-order valence-corrected chi connectivity index (χ1v) is 9.80. The SMILES string of the molecule is CC[Si](CC)(CC)O[C@@H]([C@@H](C)CO)[C@@H](C)C(=O)OC. The number of methoxy groups -OCH3 is 1. The maximum absolute atomic E-state index is 11.8. The van der Waals surface area contributed by atoms with Crippen molar-refractivity contribution in [2.75, 3.05) is 13.7 Å². The molecule has 5 heteroatoms. The van der Waals surface area contributed by atoms with E-state index in [0.717, 1.165) is 18.1 Å². The molecule has 0 spiro atoms. The van der Waals surface area contributed by atoms with Crippen molar-refractivity contribution in [3.63, 3.8) is 0 Å². The molecule has 0 aromatic carbocycles. The summed E-state index contributed by atoms with van der Waals surface area (Å²) in [5, 5.41) is 9.41. The quantitative estimate of drug-likeness (QED) is 0.524. The van der Waals surface area contributed by atoms with Crippen LogP contribution in [0.1, 0.15) is 34.6 Å². The van der Waals surface area contributed by atoms with Gasteiger partial charge in [-0.05, 0) is 25.1 Å². The molecular weight excluding hydrogens is 260 g/mol. The van der Waals surface area contributed by atoms with Gasteiger partial charge in [-0.2, -0.15) is 0 Å². The fourth-order valence-corrected chi connectivity index (χ4v) is 5.44. The first-order valence-electron chi connectivity index (χ1n) is 7.27. The Hall–Kier alpha value is -0.393. The Kier molecular flexibility index (Phi) is 8.53. The van der Waals surface area contributed by atoms with Crippen LogP contribution in [0.5, 0.6) is 0 Å². The molecule has 0 saturated carbocycles. The van der Waals surface area contributed by atoms with Gasteiger partial charge in [0.15, 0.2) is 8.32 Å². The zero-order valence-corrected chi connectivity index (χ0v) is 14.2. The highest BCUT2D eigenvalue weighted by Crippen LogP contribution is 2.29. The van der Waals surface area contributed by atoms with Crippen molar-refractivity contribution < 1.29 is 19.1 Å². The summed E-state index contributed by atoms with van der Waals surface area (Å²) >= 11 is 0. The first kappa shape index (κ1) is 18.6. The Balaban J connectivity index is 5.10. The molecular formula is C14H30O4Si. The third-order valence-corrected chi connectivity index (χ3v) is 8.87. The normalized spacial score (nSPS) is 16.8. The molecule has 0 aromatic rings. The molecule has 3 atom stereocenters. The predicted molar refractivity (Wildman–Crippen MR) is 79.5 cm³/mol. The molecule has 0 amide bonds. The van der Waals surface area contributed by atoms with E-state index >= 15 is 0 Å². The average molecular weight is 290 g/mol. The van der Waals surface area contributed by atoms with Crippen molar-refractivity contribution in [1.82, 2.24) is 0 Å². The zero-order valence-electron chi connectivity index (χ0n) is 13.2. The molecule has 0 aliphatic carbocycles. The van der Waals surface area contributed by atoms with E-state index in [1.807, 2.05) is 13.8 Å². The van der Waals surface area contributed by atoms with Gasteiger partial charge < -0.3 is 14.3 Å². The van der Waals surface area contributed by atoms with Gasteiger partial charge >= 0.3 is 5.97 Å². The van der Waals surface area contributed by atoms with Crippen LogP contribution in [0.25, 0.3) is 0 Å². The second-order valence-corrected chi connectivity index (χ2v) is 10.0. The van der Waals surface area contributed by atoms with Crippen LogP contribution >= 0.6 is 0 Å². The molecule has 0 heterocycles. The molecule has 0 fully saturated rings. The number of hydrogen-bond donors (Lipinski definition) is 1. The average Bonchev–Trinajstić information content (AvgIpc) is 2.47. The van der Waals surface area contributed by atoms with E-state index in [4.69, 9.17) is 9.16 Å². The minimum atomic E-state index is -1.80. The van der Waals surface area contributed by atoms with E-state index in [1.165, 1.54) is 7.11 Å². The van der Waals surface area contributed by atoms with Gasteiger partial charge in [0.1, 0.15) is 0 Å². The molecule has 0 radical (unpaired) electrons. The lowest BCUT2D eigenvalue weighted by molar-refractivity contribution is -0.149. The summed E-state index contributed by atoms with van der Waals surface area (Å²) in [7, 11) is -0.407. The van der Waals surface area contributed by atoms with E-state index < -0.39 is 8.32 Å². The molecule has 114 valence electrons. The van der Waals surface area contributed by atoms with Gasteiger partial charge in [0.05, 0.1) is 19.1 Å². The van der Waals surface area contributed by atoms with Crippen molar-refractivity contribution in [2.45, 2.75) is 58.9 Å². The number of aliphatic hydroxyl groups is 1. The lowest BCUT2D eigenvalue weighted by Crippen LogP contribution is -2.47. The topological polar surface area (TPSA) is 55.8 Å². The van der Waals surface area contributed by atoms with E-state index in [9.17, 15) is 9.90 Å². The minimum Gasteiger partial charge on any atom is -0.469 e. The van der Waals surface area contributed by atoms with Crippen molar-refractivity contribution in [3.05, 3.63) is 0 Å². The summed E-state index contributed by atoms with van der Waals surface area (Å²) in [6.45, 7) is 10.2. The summed E-state index contributed by atoms with van der Waals surface area (Å²) in [6.07, 6.45) is -0.260. The highest BCUT2D eigenvalue weighted by atomic mass is 28.4. The van der Waals surface area contributed by atoms with Crippen LogP contribution in [-0.4, -0.2) is 39.2 Å². The number of aliphatic hydroxyl groups excluding tert-OH is 1. The maximum Gasteiger partial charge on any atom is 0.310 e. The monoisotopic (exact) mass is 290 g/mol. The molecule has 0 bridgehead atoms. The smallest absolute Gasteiger partial charge is 0.310 e. The molecule has 0 aliphatic rings. The van der Waals surface area contributed by atoms with Gasteiger partial charge in [-0.15, -0.1) is 0 Å². The minimum absolute atomic E-state index is 0.0215. The number of carbonyl (C=O) groups excluding carboxylic acids is 1. The summed E-state index contributed by atoms with van der Waals surface area (Å²) in [6, 6.07) is 3.09. The lowest BCUT2D eigenvalue weighted by atomic mass is 9.94. The van der Waals surface area contributed by atoms with Crippen molar-refractivity contribution in [3.8, 4) is 0 Å². The Bertz CT molecular complexity index is 258. The summed E-state index contributed by atoms with van der Waals surface area (Å²) in [5.74, 6) is -0.675. The predicted octanol–water partition coefficient (Wildman–Crippen LogP) is 2.81. The van der Waals surface area contributed by atoms with Gasteiger partial charge in [0.2, 0.25) is 0 Å². The Labute approximate surface area is 118 Å². The standard InChI is InChI=1S/C14H30O4Si/c1-7-19(8-2,9-3)18-13(11(4)10-15)12(5)14(16)17-6/h11-13,15H,7-10H2,1-6H3/t11-,12+,13-/m0/s1. The van der Waals surface area contributed by atoms with Gasteiger partial charge in [0.25, 0.3) is 0 Å². The van der Waals surface area contributed by atoms with Crippen LogP contribution in [0.3, 0.4) is 0 Å². The number of esters is 1. The van der Waals surface area contributed by atoms with E-state index in [-0.39, 0.29) is 30.5 Å². The van der Waals surface area contributed by atoms with Crippen LogP contribution < -0.4 is 0 Å². The molecule has 1 N–H and O–H groups in total. The fourth-order valence-electron chi connectivity index (χ4n) is 2.42. The van der Waals surface area contributed by atoms with Crippen LogP contribution in [-0.2, 0) is 14.0 Å². The summed E-state index contributed by atoms with van der Waals surface area (Å²) < 4.78 is 11.2. The Morgan fingerprint density at radius 2 is 1.63 bits per heavy atom. The Morgan fingerprint density at radius 1 is 1.16 bits per heavy atom.